The van der Waals surface area contributed by atoms with E-state index in [1.807, 2.05) is 22.9 Å². The molecule has 0 saturated heterocycles. The summed E-state index contributed by atoms with van der Waals surface area (Å²) in [6.45, 7) is 5.91. The van der Waals surface area contributed by atoms with E-state index >= 15 is 0 Å². The Kier molecular flexibility index (Phi) is 4.27. The predicted molar refractivity (Wildman–Crippen MR) is 78.0 cm³/mol. The number of aromatic nitrogens is 2. The van der Waals surface area contributed by atoms with Crippen LogP contribution in [0.5, 0.6) is 0 Å². The van der Waals surface area contributed by atoms with Crippen LogP contribution in [0.3, 0.4) is 0 Å². The van der Waals surface area contributed by atoms with E-state index in [0.717, 1.165) is 35.5 Å². The molecule has 0 amide bonds. The van der Waals surface area contributed by atoms with Crippen molar-refractivity contribution in [3.63, 3.8) is 0 Å². The lowest BCUT2D eigenvalue weighted by atomic mass is 10.1. The molecule has 1 aromatic heterocycles. The lowest BCUT2D eigenvalue weighted by Gasteiger charge is -2.11. The topological polar surface area (TPSA) is 38.0 Å². The fraction of sp³-hybridized carbons (Fsp3) is 0.400. The summed E-state index contributed by atoms with van der Waals surface area (Å²) in [7, 11) is 0. The van der Waals surface area contributed by atoms with Crippen LogP contribution in [0.15, 0.2) is 24.3 Å². The van der Waals surface area contributed by atoms with Gasteiger partial charge in [0.15, 0.2) is 0 Å². The molecule has 2 rings (SSSR count). The van der Waals surface area contributed by atoms with Gasteiger partial charge in [-0.15, -0.1) is 0 Å². The van der Waals surface area contributed by atoms with Crippen LogP contribution in [0.1, 0.15) is 43.8 Å². The summed E-state index contributed by atoms with van der Waals surface area (Å²) in [6.07, 6.45) is 1.28. The van der Waals surface area contributed by atoms with E-state index in [9.17, 15) is 5.11 Å². The number of aryl methyl sites for hydroxylation is 2. The van der Waals surface area contributed by atoms with Gasteiger partial charge in [0.05, 0.1) is 17.5 Å². The number of benzene rings is 1. The molecule has 2 aromatic rings. The van der Waals surface area contributed by atoms with Gasteiger partial charge in [0, 0.05) is 10.7 Å². The third-order valence-corrected chi connectivity index (χ3v) is 3.56. The minimum absolute atomic E-state index is 0.559. The molecule has 3 nitrogen and oxygen atoms in total. The highest BCUT2D eigenvalue weighted by Crippen LogP contribution is 2.26. The van der Waals surface area contributed by atoms with Crippen LogP contribution in [0, 0.1) is 0 Å². The van der Waals surface area contributed by atoms with Gasteiger partial charge in [-0.25, -0.2) is 4.68 Å². The van der Waals surface area contributed by atoms with Crippen LogP contribution in [-0.2, 0) is 12.8 Å². The maximum absolute atomic E-state index is 9.60. The molecule has 19 heavy (non-hydrogen) atoms. The molecule has 0 aliphatic rings. The normalized spacial score (nSPS) is 12.7. The molecule has 0 saturated carbocycles. The smallest absolute Gasteiger partial charge is 0.0776 e. The standard InChI is InChI=1S/C15H19ClN2O/c1-4-11-8-12(5-2)18(17-11)13-6-7-14(10(3)19)15(16)9-13/h6-10,19H,4-5H2,1-3H3. The molecule has 0 spiro atoms. The fourth-order valence-corrected chi connectivity index (χ4v) is 2.44. The van der Waals surface area contributed by atoms with Gasteiger partial charge in [-0.1, -0.05) is 31.5 Å². The van der Waals surface area contributed by atoms with Crippen molar-refractivity contribution in [2.75, 3.05) is 0 Å². The van der Waals surface area contributed by atoms with E-state index in [1.165, 1.54) is 0 Å². The van der Waals surface area contributed by atoms with Crippen LogP contribution < -0.4 is 0 Å². The Morgan fingerprint density at radius 1 is 1.26 bits per heavy atom. The highest BCUT2D eigenvalue weighted by atomic mass is 35.5. The second-order valence-corrected chi connectivity index (χ2v) is 5.03. The van der Waals surface area contributed by atoms with Gasteiger partial charge in [-0.05, 0) is 43.5 Å². The van der Waals surface area contributed by atoms with Gasteiger partial charge >= 0.3 is 0 Å². The number of hydrogen-bond acceptors (Lipinski definition) is 2. The van der Waals surface area contributed by atoms with Crippen molar-refractivity contribution in [2.24, 2.45) is 0 Å². The van der Waals surface area contributed by atoms with E-state index in [0.29, 0.717) is 5.02 Å². The maximum atomic E-state index is 9.60. The summed E-state index contributed by atoms with van der Waals surface area (Å²) in [5.41, 5.74) is 3.92. The van der Waals surface area contributed by atoms with E-state index in [4.69, 9.17) is 11.6 Å². The molecule has 0 fully saturated rings. The van der Waals surface area contributed by atoms with E-state index in [-0.39, 0.29) is 0 Å². The van der Waals surface area contributed by atoms with Crippen LogP contribution in [0.2, 0.25) is 5.02 Å². The Balaban J connectivity index is 2.47. The third kappa shape index (κ3) is 2.82. The Morgan fingerprint density at radius 3 is 2.53 bits per heavy atom. The first kappa shape index (κ1) is 14.1. The fourth-order valence-electron chi connectivity index (χ4n) is 2.11. The van der Waals surface area contributed by atoms with Gasteiger partial charge in [-0.3, -0.25) is 0 Å². The minimum Gasteiger partial charge on any atom is -0.389 e. The second kappa shape index (κ2) is 5.76. The maximum Gasteiger partial charge on any atom is 0.0776 e. The van der Waals surface area contributed by atoms with Gasteiger partial charge in [-0.2, -0.15) is 5.10 Å². The quantitative estimate of drug-likeness (QED) is 0.926. The summed E-state index contributed by atoms with van der Waals surface area (Å²) in [5.74, 6) is 0. The Morgan fingerprint density at radius 2 is 2.00 bits per heavy atom. The molecule has 1 atom stereocenters. The van der Waals surface area contributed by atoms with E-state index in [1.54, 1.807) is 6.92 Å². The number of aliphatic hydroxyl groups is 1. The van der Waals surface area contributed by atoms with Gasteiger partial charge in [0.1, 0.15) is 0 Å². The molecule has 1 N–H and O–H groups in total. The summed E-state index contributed by atoms with van der Waals surface area (Å²) in [5, 5.41) is 14.8. The number of halogens is 1. The third-order valence-electron chi connectivity index (χ3n) is 3.24. The lowest BCUT2D eigenvalue weighted by Crippen LogP contribution is -2.03. The summed E-state index contributed by atoms with van der Waals surface area (Å²) < 4.78 is 1.93. The number of rotatable bonds is 4. The van der Waals surface area contributed by atoms with Gasteiger partial charge in [0.25, 0.3) is 0 Å². The average Bonchev–Trinajstić information content (AvgIpc) is 2.81. The first-order valence-electron chi connectivity index (χ1n) is 6.62. The summed E-state index contributed by atoms with van der Waals surface area (Å²) in [4.78, 5) is 0. The van der Waals surface area contributed by atoms with Gasteiger partial charge in [0.2, 0.25) is 0 Å². The molecule has 1 unspecified atom stereocenters. The average molecular weight is 279 g/mol. The van der Waals surface area contributed by atoms with Crippen LogP contribution in [0.25, 0.3) is 5.69 Å². The number of nitrogens with zero attached hydrogens (tertiary/aromatic N) is 2. The first-order valence-corrected chi connectivity index (χ1v) is 7.00. The molecule has 1 aromatic carbocycles. The van der Waals surface area contributed by atoms with Crippen molar-refractivity contribution in [1.29, 1.82) is 0 Å². The molecule has 102 valence electrons. The van der Waals surface area contributed by atoms with E-state index < -0.39 is 6.10 Å². The molecule has 1 heterocycles. The molecule has 0 aliphatic heterocycles. The van der Waals surface area contributed by atoms with Crippen molar-refractivity contribution in [3.05, 3.63) is 46.2 Å². The van der Waals surface area contributed by atoms with Crippen LogP contribution >= 0.6 is 11.6 Å². The monoisotopic (exact) mass is 278 g/mol. The SMILES string of the molecule is CCc1cc(CC)n(-c2ccc(C(C)O)c(Cl)c2)n1. The molecule has 0 radical (unpaired) electrons. The van der Waals surface area contributed by atoms with Crippen molar-refractivity contribution >= 4 is 11.6 Å². The van der Waals surface area contributed by atoms with Crippen LogP contribution in [-0.4, -0.2) is 14.9 Å². The Bertz CT molecular complexity index is 576. The molecule has 0 bridgehead atoms. The zero-order chi connectivity index (χ0) is 14.0. The first-order chi connectivity index (χ1) is 9.06. The molecule has 4 heteroatoms. The van der Waals surface area contributed by atoms with Crippen LogP contribution in [0.4, 0.5) is 0 Å². The van der Waals surface area contributed by atoms with Crippen molar-refractivity contribution in [3.8, 4) is 5.69 Å². The van der Waals surface area contributed by atoms with Crippen molar-refractivity contribution < 1.29 is 5.11 Å². The molecular formula is C15H19ClN2O. The van der Waals surface area contributed by atoms with Gasteiger partial charge < -0.3 is 5.11 Å². The van der Waals surface area contributed by atoms with Crippen molar-refractivity contribution in [2.45, 2.75) is 39.7 Å². The zero-order valence-corrected chi connectivity index (χ0v) is 12.3. The molecule has 0 aliphatic carbocycles. The Labute approximate surface area is 118 Å². The summed E-state index contributed by atoms with van der Waals surface area (Å²) in [6, 6.07) is 7.78. The largest absolute Gasteiger partial charge is 0.389 e. The number of hydrogen-bond donors (Lipinski definition) is 1. The highest BCUT2D eigenvalue weighted by molar-refractivity contribution is 6.31. The Hall–Kier alpha value is -1.32. The molecular weight excluding hydrogens is 260 g/mol. The second-order valence-electron chi connectivity index (χ2n) is 4.63. The highest BCUT2D eigenvalue weighted by Gasteiger charge is 2.11. The van der Waals surface area contributed by atoms with E-state index in [2.05, 4.69) is 25.0 Å². The minimum atomic E-state index is -0.559. The zero-order valence-electron chi connectivity index (χ0n) is 11.5. The van der Waals surface area contributed by atoms with Crippen molar-refractivity contribution in [1.82, 2.24) is 9.78 Å². The lowest BCUT2D eigenvalue weighted by molar-refractivity contribution is 0.199. The number of aliphatic hydroxyl groups excluding tert-OH is 1. The summed E-state index contributed by atoms with van der Waals surface area (Å²) >= 11 is 6.21. The predicted octanol–water partition coefficient (Wildman–Crippen LogP) is 3.70.